The van der Waals surface area contributed by atoms with Gasteiger partial charge in [0.1, 0.15) is 0 Å². The topological polar surface area (TPSA) is 113 Å². The number of fused-ring (bicyclic) bond motifs is 1. The molecular formula is C18H16ClN5O3S. The average molecular weight is 418 g/mol. The van der Waals surface area contributed by atoms with Gasteiger partial charge in [-0.3, -0.25) is 0 Å². The fraction of sp³-hybridized carbons (Fsp3) is 0.222. The number of hydrogen-bond donors (Lipinski definition) is 2. The number of aromatic nitrogens is 2. The third kappa shape index (κ3) is 3.26. The van der Waals surface area contributed by atoms with E-state index in [0.29, 0.717) is 47.8 Å². The van der Waals surface area contributed by atoms with E-state index in [-0.39, 0.29) is 10.6 Å². The average Bonchev–Trinajstić information content (AvgIpc) is 3.07. The predicted octanol–water partition coefficient (Wildman–Crippen LogP) is 1.89. The number of imidazole rings is 1. The van der Waals surface area contributed by atoms with Gasteiger partial charge in [-0.1, -0.05) is 11.6 Å². The highest BCUT2D eigenvalue weighted by molar-refractivity contribution is 7.89. The van der Waals surface area contributed by atoms with Crippen LogP contribution in [0, 0.1) is 11.3 Å². The number of hydrogen-bond acceptors (Lipinski definition) is 5. The number of rotatable bonds is 3. The molecule has 1 fully saturated rings. The summed E-state index contributed by atoms with van der Waals surface area (Å²) in [6, 6.07) is 11.6. The van der Waals surface area contributed by atoms with Crippen LogP contribution in [0.2, 0.25) is 5.02 Å². The number of sulfonamides is 1. The maximum absolute atomic E-state index is 13.0. The minimum atomic E-state index is -3.68. The number of nitrogens with zero attached hydrogens (tertiary/aromatic N) is 3. The van der Waals surface area contributed by atoms with Crippen LogP contribution in [-0.2, 0) is 10.0 Å². The van der Waals surface area contributed by atoms with Gasteiger partial charge in [-0.2, -0.15) is 9.57 Å². The Morgan fingerprint density at radius 2 is 1.71 bits per heavy atom. The van der Waals surface area contributed by atoms with Crippen LogP contribution >= 0.6 is 11.6 Å². The lowest BCUT2D eigenvalue weighted by molar-refractivity contribution is 0.385. The van der Waals surface area contributed by atoms with Gasteiger partial charge < -0.3 is 14.9 Å². The Morgan fingerprint density at radius 3 is 2.39 bits per heavy atom. The summed E-state index contributed by atoms with van der Waals surface area (Å²) in [6.07, 6.45) is 0. The summed E-state index contributed by atoms with van der Waals surface area (Å²) >= 11 is 6.26. The molecule has 3 aromatic rings. The largest absolute Gasteiger partial charge is 0.368 e. The molecule has 10 heteroatoms. The Labute approximate surface area is 166 Å². The first-order valence-corrected chi connectivity index (χ1v) is 10.4. The molecule has 1 aromatic heterocycles. The zero-order valence-electron chi connectivity index (χ0n) is 14.6. The van der Waals surface area contributed by atoms with E-state index in [2.05, 4.69) is 9.97 Å². The molecule has 8 nitrogen and oxygen atoms in total. The summed E-state index contributed by atoms with van der Waals surface area (Å²) in [5, 5.41) is 9.42. The van der Waals surface area contributed by atoms with Gasteiger partial charge in [0.05, 0.1) is 38.3 Å². The first-order chi connectivity index (χ1) is 13.4. The molecule has 2 aromatic carbocycles. The lowest BCUT2D eigenvalue weighted by Gasteiger charge is -2.35. The van der Waals surface area contributed by atoms with E-state index in [1.165, 1.54) is 16.4 Å². The zero-order chi connectivity index (χ0) is 19.9. The molecule has 0 saturated carbocycles. The third-order valence-corrected chi connectivity index (χ3v) is 6.98. The maximum atomic E-state index is 13.0. The fourth-order valence-corrected chi connectivity index (χ4v) is 5.07. The molecule has 2 N–H and O–H groups in total. The van der Waals surface area contributed by atoms with E-state index in [0.717, 1.165) is 5.69 Å². The Kier molecular flexibility index (Phi) is 4.63. The second kappa shape index (κ2) is 6.98. The summed E-state index contributed by atoms with van der Waals surface area (Å²) in [6.45, 7) is 1.57. The molecule has 144 valence electrons. The maximum Gasteiger partial charge on any atom is 0.323 e. The van der Waals surface area contributed by atoms with E-state index in [1.54, 1.807) is 24.3 Å². The van der Waals surface area contributed by atoms with Crippen LogP contribution in [0.25, 0.3) is 11.0 Å². The van der Waals surface area contributed by atoms with Crippen LogP contribution in [0.15, 0.2) is 46.1 Å². The summed E-state index contributed by atoms with van der Waals surface area (Å²) in [5.41, 5.74) is 1.90. The van der Waals surface area contributed by atoms with E-state index < -0.39 is 10.0 Å². The molecule has 2 heterocycles. The monoisotopic (exact) mass is 417 g/mol. The number of nitrogens with one attached hydrogen (secondary N) is 2. The molecule has 28 heavy (non-hydrogen) atoms. The van der Waals surface area contributed by atoms with Crippen LogP contribution in [0.4, 0.5) is 5.69 Å². The van der Waals surface area contributed by atoms with Gasteiger partial charge in [-0.25, -0.2) is 13.2 Å². The Balaban J connectivity index is 1.53. The molecule has 4 rings (SSSR count). The first-order valence-electron chi connectivity index (χ1n) is 8.55. The number of nitriles is 1. The van der Waals surface area contributed by atoms with Crippen molar-refractivity contribution < 1.29 is 8.42 Å². The molecule has 0 bridgehead atoms. The molecule has 1 aliphatic heterocycles. The van der Waals surface area contributed by atoms with E-state index in [1.807, 2.05) is 11.0 Å². The number of benzene rings is 2. The van der Waals surface area contributed by atoms with Crippen molar-refractivity contribution in [1.29, 1.82) is 5.26 Å². The van der Waals surface area contributed by atoms with Gasteiger partial charge in [0.15, 0.2) is 0 Å². The predicted molar refractivity (Wildman–Crippen MR) is 106 cm³/mol. The SMILES string of the molecule is N#Cc1ccc(N2CCN(S(=O)(=O)c3ccc4[nH]c(=O)[nH]c4c3)CC2)c(Cl)c1. The van der Waals surface area contributed by atoms with Crippen molar-refractivity contribution in [2.45, 2.75) is 4.90 Å². The number of H-pyrrole nitrogens is 2. The number of anilines is 1. The molecule has 1 saturated heterocycles. The zero-order valence-corrected chi connectivity index (χ0v) is 16.2. The molecule has 0 atom stereocenters. The quantitative estimate of drug-likeness (QED) is 0.675. The Bertz CT molecular complexity index is 1250. The molecule has 0 aliphatic carbocycles. The van der Waals surface area contributed by atoms with Crippen LogP contribution in [0.3, 0.4) is 0 Å². The molecule has 1 aliphatic rings. The highest BCUT2D eigenvalue weighted by atomic mass is 35.5. The number of aromatic amines is 2. The van der Waals surface area contributed by atoms with E-state index in [4.69, 9.17) is 16.9 Å². The molecular weight excluding hydrogens is 402 g/mol. The number of piperazine rings is 1. The van der Waals surface area contributed by atoms with Crippen molar-refractivity contribution in [3.05, 3.63) is 57.5 Å². The summed E-state index contributed by atoms with van der Waals surface area (Å²) in [7, 11) is -3.68. The third-order valence-electron chi connectivity index (χ3n) is 4.78. The van der Waals surface area contributed by atoms with Crippen LogP contribution < -0.4 is 10.6 Å². The second-order valence-corrected chi connectivity index (χ2v) is 8.80. The van der Waals surface area contributed by atoms with Gasteiger partial charge in [0, 0.05) is 26.2 Å². The first kappa shape index (κ1) is 18.6. The minimum Gasteiger partial charge on any atom is -0.368 e. The van der Waals surface area contributed by atoms with E-state index >= 15 is 0 Å². The minimum absolute atomic E-state index is 0.139. The van der Waals surface area contributed by atoms with Crippen molar-refractivity contribution >= 4 is 38.3 Å². The Morgan fingerprint density at radius 1 is 1.00 bits per heavy atom. The smallest absolute Gasteiger partial charge is 0.323 e. The van der Waals surface area contributed by atoms with Crippen molar-refractivity contribution in [1.82, 2.24) is 14.3 Å². The van der Waals surface area contributed by atoms with Crippen molar-refractivity contribution in [3.63, 3.8) is 0 Å². The normalized spacial score (nSPS) is 15.6. The van der Waals surface area contributed by atoms with Crippen molar-refractivity contribution in [2.75, 3.05) is 31.1 Å². The van der Waals surface area contributed by atoms with E-state index in [9.17, 15) is 13.2 Å². The van der Waals surface area contributed by atoms with Gasteiger partial charge in [0.25, 0.3) is 0 Å². The highest BCUT2D eigenvalue weighted by Crippen LogP contribution is 2.29. The van der Waals surface area contributed by atoms with Gasteiger partial charge in [-0.05, 0) is 36.4 Å². The fourth-order valence-electron chi connectivity index (χ4n) is 3.32. The molecule has 0 amide bonds. The highest BCUT2D eigenvalue weighted by Gasteiger charge is 2.29. The molecule has 0 spiro atoms. The summed E-state index contributed by atoms with van der Waals surface area (Å²) < 4.78 is 27.4. The van der Waals surface area contributed by atoms with Crippen molar-refractivity contribution in [3.8, 4) is 6.07 Å². The summed E-state index contributed by atoms with van der Waals surface area (Å²) in [4.78, 5) is 18.7. The second-order valence-electron chi connectivity index (χ2n) is 6.46. The molecule has 0 unspecified atom stereocenters. The number of halogens is 1. The van der Waals surface area contributed by atoms with Gasteiger partial charge >= 0.3 is 5.69 Å². The van der Waals surface area contributed by atoms with Crippen LogP contribution in [-0.4, -0.2) is 48.9 Å². The molecule has 0 radical (unpaired) electrons. The summed E-state index contributed by atoms with van der Waals surface area (Å²) in [5.74, 6) is 0. The van der Waals surface area contributed by atoms with Gasteiger partial charge in [-0.15, -0.1) is 0 Å². The van der Waals surface area contributed by atoms with Crippen molar-refractivity contribution in [2.24, 2.45) is 0 Å². The lowest BCUT2D eigenvalue weighted by Crippen LogP contribution is -2.48. The standard InChI is InChI=1S/C18H16ClN5O3S/c19-14-9-12(11-20)1-4-17(14)23-5-7-24(8-6-23)28(26,27)13-2-3-15-16(10-13)22-18(25)21-15/h1-4,9-10H,5-8H2,(H2,21,22,25). The lowest BCUT2D eigenvalue weighted by atomic mass is 10.2. The van der Waals surface area contributed by atoms with Crippen LogP contribution in [0.5, 0.6) is 0 Å². The van der Waals surface area contributed by atoms with Crippen LogP contribution in [0.1, 0.15) is 5.56 Å². The Hall–Kier alpha value is -2.80. The van der Waals surface area contributed by atoms with Gasteiger partial charge in [0.2, 0.25) is 10.0 Å².